The molecule has 29 heavy (non-hydrogen) atoms. The van der Waals surface area contributed by atoms with E-state index < -0.39 is 0 Å². The summed E-state index contributed by atoms with van der Waals surface area (Å²) in [6.45, 7) is 3.94. The van der Waals surface area contributed by atoms with Crippen molar-refractivity contribution in [1.82, 2.24) is 38.6 Å². The van der Waals surface area contributed by atoms with E-state index >= 15 is 0 Å². The Labute approximate surface area is 166 Å². The van der Waals surface area contributed by atoms with Crippen LogP contribution in [0, 0.1) is 6.92 Å². The Morgan fingerprint density at radius 1 is 1.17 bits per heavy atom. The molecule has 10 heteroatoms. The lowest BCUT2D eigenvalue weighted by Crippen LogP contribution is -2.35. The van der Waals surface area contributed by atoms with Gasteiger partial charge in [-0.2, -0.15) is 10.1 Å². The minimum Gasteiger partial charge on any atom is -0.323 e. The number of fused-ring (bicyclic) bond motifs is 2. The van der Waals surface area contributed by atoms with Gasteiger partial charge in [0, 0.05) is 13.1 Å². The maximum absolute atomic E-state index is 12.9. The number of hydrogen-bond donors (Lipinski definition) is 1. The van der Waals surface area contributed by atoms with E-state index in [1.165, 1.54) is 6.33 Å². The van der Waals surface area contributed by atoms with Crippen molar-refractivity contribution in [1.29, 1.82) is 0 Å². The highest BCUT2D eigenvalue weighted by atomic mass is 16.1. The summed E-state index contributed by atoms with van der Waals surface area (Å²) in [5.74, 6) is 0.451. The van der Waals surface area contributed by atoms with E-state index in [-0.39, 0.29) is 11.7 Å². The largest absolute Gasteiger partial charge is 0.330 e. The van der Waals surface area contributed by atoms with Crippen molar-refractivity contribution < 1.29 is 0 Å². The topological polar surface area (TPSA) is 98.2 Å². The summed E-state index contributed by atoms with van der Waals surface area (Å²) in [7, 11) is 3.88. The molecule has 5 rings (SSSR count). The summed E-state index contributed by atoms with van der Waals surface area (Å²) >= 11 is 0. The number of likely N-dealkylation sites (tertiary alicyclic amines) is 1. The van der Waals surface area contributed by atoms with Crippen LogP contribution in [0.4, 0.5) is 11.6 Å². The summed E-state index contributed by atoms with van der Waals surface area (Å²) in [5, 5.41) is 7.45. The highest BCUT2D eigenvalue weighted by molar-refractivity contribution is 5.73. The van der Waals surface area contributed by atoms with Crippen molar-refractivity contribution in [3.05, 3.63) is 40.8 Å². The van der Waals surface area contributed by atoms with Gasteiger partial charge in [0.05, 0.1) is 18.1 Å². The average molecular weight is 393 g/mol. The van der Waals surface area contributed by atoms with Gasteiger partial charge in [-0.05, 0) is 51.5 Å². The first-order chi connectivity index (χ1) is 14.0. The van der Waals surface area contributed by atoms with E-state index in [1.54, 1.807) is 22.3 Å². The molecule has 1 saturated heterocycles. The summed E-state index contributed by atoms with van der Waals surface area (Å²) in [4.78, 5) is 28.6. The lowest BCUT2D eigenvalue weighted by Gasteiger charge is -2.29. The van der Waals surface area contributed by atoms with Gasteiger partial charge < -0.3 is 10.2 Å². The second-order valence-electron chi connectivity index (χ2n) is 7.71. The second-order valence-corrected chi connectivity index (χ2v) is 7.71. The lowest BCUT2D eigenvalue weighted by atomic mass is 10.1. The summed E-state index contributed by atoms with van der Waals surface area (Å²) in [6.07, 6.45) is 6.96. The van der Waals surface area contributed by atoms with Crippen molar-refractivity contribution in [3.8, 4) is 0 Å². The molecule has 1 aliphatic rings. The Morgan fingerprint density at radius 2 is 1.97 bits per heavy atom. The Morgan fingerprint density at radius 3 is 2.76 bits per heavy atom. The lowest BCUT2D eigenvalue weighted by molar-refractivity contribution is 0.220. The third kappa shape index (κ3) is 2.96. The molecule has 0 atom stereocenters. The number of nitrogens with zero attached hydrogens (tertiary/aromatic N) is 8. The van der Waals surface area contributed by atoms with E-state index in [1.807, 2.05) is 23.8 Å². The minimum absolute atomic E-state index is 0.0405. The number of anilines is 2. The molecule has 0 amide bonds. The third-order valence-electron chi connectivity index (χ3n) is 5.75. The Kier molecular flexibility index (Phi) is 4.09. The van der Waals surface area contributed by atoms with Crippen molar-refractivity contribution in [2.75, 3.05) is 25.5 Å². The maximum Gasteiger partial charge on any atom is 0.330 e. The van der Waals surface area contributed by atoms with Crippen LogP contribution in [-0.4, -0.2) is 58.7 Å². The first kappa shape index (κ1) is 17.8. The van der Waals surface area contributed by atoms with Gasteiger partial charge in [0.2, 0.25) is 5.95 Å². The van der Waals surface area contributed by atoms with Crippen molar-refractivity contribution in [3.63, 3.8) is 0 Å². The number of imidazole rings is 1. The molecule has 0 unspecified atom stereocenters. The quantitative estimate of drug-likeness (QED) is 0.563. The van der Waals surface area contributed by atoms with Gasteiger partial charge in [-0.15, -0.1) is 0 Å². The molecule has 0 spiro atoms. The molecular weight excluding hydrogens is 370 g/mol. The molecule has 0 radical (unpaired) electrons. The van der Waals surface area contributed by atoms with Gasteiger partial charge in [-0.1, -0.05) is 0 Å². The number of aromatic nitrogens is 7. The van der Waals surface area contributed by atoms with Gasteiger partial charge in [0.1, 0.15) is 11.8 Å². The zero-order valence-electron chi connectivity index (χ0n) is 16.7. The monoisotopic (exact) mass is 393 g/mol. The fraction of sp³-hybridized carbons (Fsp3) is 0.421. The number of aryl methyl sites for hydroxylation is 2. The Balaban J connectivity index is 1.56. The van der Waals surface area contributed by atoms with Gasteiger partial charge >= 0.3 is 5.69 Å². The minimum atomic E-state index is -0.0405. The molecule has 5 heterocycles. The van der Waals surface area contributed by atoms with Gasteiger partial charge in [0.15, 0.2) is 11.3 Å². The summed E-state index contributed by atoms with van der Waals surface area (Å²) in [6, 6.07) is 2.10. The van der Waals surface area contributed by atoms with Crippen LogP contribution in [0.2, 0.25) is 0 Å². The van der Waals surface area contributed by atoms with Crippen LogP contribution in [0.3, 0.4) is 0 Å². The molecule has 0 aliphatic carbocycles. The molecule has 1 aliphatic heterocycles. The Hall–Kier alpha value is -3.27. The van der Waals surface area contributed by atoms with Crippen LogP contribution >= 0.6 is 0 Å². The van der Waals surface area contributed by atoms with Crippen LogP contribution in [0.1, 0.15) is 24.4 Å². The van der Waals surface area contributed by atoms with Crippen LogP contribution in [0.25, 0.3) is 16.8 Å². The van der Waals surface area contributed by atoms with Gasteiger partial charge in [-0.3, -0.25) is 9.13 Å². The number of piperidine rings is 1. The zero-order valence-corrected chi connectivity index (χ0v) is 16.7. The van der Waals surface area contributed by atoms with Crippen molar-refractivity contribution in [2.24, 2.45) is 7.05 Å². The second kappa shape index (κ2) is 6.66. The smallest absolute Gasteiger partial charge is 0.323 e. The van der Waals surface area contributed by atoms with E-state index in [4.69, 9.17) is 4.98 Å². The molecule has 1 N–H and O–H groups in total. The number of hydrogen-bond acceptors (Lipinski definition) is 7. The SMILES string of the molecule is Cc1cc2ncnn2cc1Nc1ncc2c(n1)n(C1CCN(C)CC1)c(=O)n2C. The van der Waals surface area contributed by atoms with Crippen molar-refractivity contribution in [2.45, 2.75) is 25.8 Å². The molecule has 0 aromatic carbocycles. The molecule has 4 aromatic heterocycles. The Bertz CT molecular complexity index is 1260. The van der Waals surface area contributed by atoms with E-state index in [9.17, 15) is 4.79 Å². The molecular formula is C19H23N9O. The van der Waals surface area contributed by atoms with Crippen LogP contribution in [0.15, 0.2) is 29.6 Å². The predicted octanol–water partition coefficient (Wildman–Crippen LogP) is 1.49. The van der Waals surface area contributed by atoms with Gasteiger partial charge in [-0.25, -0.2) is 19.3 Å². The molecule has 10 nitrogen and oxygen atoms in total. The zero-order chi connectivity index (χ0) is 20.1. The number of pyridine rings is 1. The fourth-order valence-corrected chi connectivity index (χ4v) is 3.99. The molecule has 1 fully saturated rings. The predicted molar refractivity (Wildman–Crippen MR) is 110 cm³/mol. The van der Waals surface area contributed by atoms with E-state index in [0.29, 0.717) is 11.6 Å². The third-order valence-corrected chi connectivity index (χ3v) is 5.75. The van der Waals surface area contributed by atoms with Crippen molar-refractivity contribution >= 4 is 28.4 Å². The molecule has 150 valence electrons. The summed E-state index contributed by atoms with van der Waals surface area (Å²) < 4.78 is 5.16. The van der Waals surface area contributed by atoms with Crippen LogP contribution in [0.5, 0.6) is 0 Å². The highest BCUT2D eigenvalue weighted by Crippen LogP contribution is 2.25. The molecule has 0 saturated carbocycles. The first-order valence-corrected chi connectivity index (χ1v) is 9.71. The van der Waals surface area contributed by atoms with Crippen LogP contribution < -0.4 is 11.0 Å². The van der Waals surface area contributed by atoms with Gasteiger partial charge in [0.25, 0.3) is 0 Å². The van der Waals surface area contributed by atoms with Crippen LogP contribution in [-0.2, 0) is 7.05 Å². The average Bonchev–Trinajstić information content (AvgIpc) is 3.25. The maximum atomic E-state index is 12.9. The number of nitrogens with one attached hydrogen (secondary N) is 1. The first-order valence-electron chi connectivity index (χ1n) is 9.71. The van der Waals surface area contributed by atoms with E-state index in [2.05, 4.69) is 32.3 Å². The standard InChI is InChI=1S/C19H23N9O/c1-12-8-16-21-11-22-27(16)10-14(12)23-18-20-9-15-17(24-18)28(19(29)26(15)3)13-4-6-25(2)7-5-13/h8-11,13H,4-7H2,1-3H3,(H,20,23,24). The normalized spacial score (nSPS) is 16.1. The summed E-state index contributed by atoms with van der Waals surface area (Å²) in [5.41, 5.74) is 4.00. The molecule has 4 aromatic rings. The molecule has 0 bridgehead atoms. The highest BCUT2D eigenvalue weighted by Gasteiger charge is 2.24. The van der Waals surface area contributed by atoms with E-state index in [0.717, 1.165) is 48.3 Å². The number of rotatable bonds is 3. The fourth-order valence-electron chi connectivity index (χ4n) is 3.99.